The van der Waals surface area contributed by atoms with Gasteiger partial charge in [0.15, 0.2) is 18.1 Å². The van der Waals surface area contributed by atoms with Crippen LogP contribution in [-0.4, -0.2) is 51.4 Å². The molecule has 1 aliphatic heterocycles. The van der Waals surface area contributed by atoms with E-state index in [1.54, 1.807) is 35.5 Å². The van der Waals surface area contributed by atoms with Gasteiger partial charge in [-0.05, 0) is 31.2 Å². The Morgan fingerprint density at radius 1 is 1.31 bits per heavy atom. The lowest BCUT2D eigenvalue weighted by Crippen LogP contribution is -2.25. The number of para-hydroxylation sites is 1. The van der Waals surface area contributed by atoms with Gasteiger partial charge < -0.3 is 14.5 Å². The maximum Gasteiger partial charge on any atom is 0.192 e. The highest BCUT2D eigenvalue weighted by Crippen LogP contribution is 2.35. The van der Waals surface area contributed by atoms with Crippen molar-refractivity contribution in [2.75, 3.05) is 20.7 Å². The Bertz CT molecular complexity index is 1210. The van der Waals surface area contributed by atoms with Crippen LogP contribution in [0.3, 0.4) is 0 Å². The third kappa shape index (κ3) is 3.32. The minimum Gasteiger partial charge on any atom is -0.496 e. The summed E-state index contributed by atoms with van der Waals surface area (Å²) in [6.07, 6.45) is 4.35. The van der Waals surface area contributed by atoms with E-state index in [1.807, 2.05) is 24.3 Å². The topological polar surface area (TPSA) is 77.1 Å². The molecule has 0 unspecified atom stereocenters. The molecule has 0 saturated heterocycles. The molecule has 148 valence electrons. The number of hydrogen-bond acceptors (Lipinski definition) is 8. The average Bonchev–Trinajstić information content (AvgIpc) is 3.31. The molecule has 1 aliphatic rings. The van der Waals surface area contributed by atoms with Gasteiger partial charge >= 0.3 is 0 Å². The van der Waals surface area contributed by atoms with E-state index in [0.29, 0.717) is 5.82 Å². The van der Waals surface area contributed by atoms with Crippen molar-refractivity contribution in [3.05, 3.63) is 52.4 Å². The van der Waals surface area contributed by atoms with Crippen molar-refractivity contribution < 1.29 is 9.57 Å². The Kier molecular flexibility index (Phi) is 4.61. The number of hydrogen-bond donors (Lipinski definition) is 0. The monoisotopic (exact) mass is 408 g/mol. The van der Waals surface area contributed by atoms with Gasteiger partial charge in [0.05, 0.1) is 18.7 Å². The van der Waals surface area contributed by atoms with Gasteiger partial charge in [0, 0.05) is 23.5 Å². The highest BCUT2D eigenvalue weighted by Gasteiger charge is 2.22. The largest absolute Gasteiger partial charge is 0.496 e. The molecule has 0 atom stereocenters. The Morgan fingerprint density at radius 2 is 2.21 bits per heavy atom. The Morgan fingerprint density at radius 3 is 3.10 bits per heavy atom. The maximum atomic E-state index is 5.42. The number of fused-ring (bicyclic) bond motifs is 5. The van der Waals surface area contributed by atoms with Crippen LogP contribution in [0.15, 0.2) is 35.7 Å². The first-order valence-corrected chi connectivity index (χ1v) is 10.2. The van der Waals surface area contributed by atoms with Crippen LogP contribution in [0.2, 0.25) is 0 Å². The van der Waals surface area contributed by atoms with Gasteiger partial charge in [-0.25, -0.2) is 14.5 Å². The number of thiophene rings is 1. The average molecular weight is 408 g/mol. The predicted molar refractivity (Wildman–Crippen MR) is 112 cm³/mol. The summed E-state index contributed by atoms with van der Waals surface area (Å²) in [4.78, 5) is 19.4. The number of benzene rings is 1. The standard InChI is InChI=1S/C20H20N6O2S/c1-25-8-7-14-16(10-25)29-20-18(14)19-23-17(24-26(19)12-21-20)11-28-22-9-13-5-3-4-6-15(13)27-2/h3-6,9,12H,7-8,10-11H2,1-2H3/b22-9-. The molecule has 0 radical (unpaired) electrons. The highest BCUT2D eigenvalue weighted by molar-refractivity contribution is 7.19. The molecular formula is C20H20N6O2S. The minimum atomic E-state index is 0.184. The maximum absolute atomic E-state index is 5.42. The number of rotatable bonds is 5. The van der Waals surface area contributed by atoms with Gasteiger partial charge in [-0.1, -0.05) is 17.3 Å². The zero-order valence-electron chi connectivity index (χ0n) is 16.2. The van der Waals surface area contributed by atoms with E-state index in [0.717, 1.165) is 46.7 Å². The number of aromatic nitrogens is 4. The van der Waals surface area contributed by atoms with Crippen molar-refractivity contribution in [3.63, 3.8) is 0 Å². The van der Waals surface area contributed by atoms with Gasteiger partial charge in [0.1, 0.15) is 16.9 Å². The molecule has 8 nitrogen and oxygen atoms in total. The van der Waals surface area contributed by atoms with E-state index in [2.05, 4.69) is 27.2 Å². The molecule has 0 bridgehead atoms. The van der Waals surface area contributed by atoms with Crippen LogP contribution < -0.4 is 4.74 Å². The molecule has 29 heavy (non-hydrogen) atoms. The summed E-state index contributed by atoms with van der Waals surface area (Å²) in [5.41, 5.74) is 3.04. The Hall–Kier alpha value is -3.04. The number of oxime groups is 1. The van der Waals surface area contributed by atoms with Crippen LogP contribution in [0.5, 0.6) is 5.75 Å². The molecule has 3 aromatic heterocycles. The summed E-state index contributed by atoms with van der Waals surface area (Å²) in [6.45, 7) is 2.19. The van der Waals surface area contributed by atoms with E-state index in [-0.39, 0.29) is 6.61 Å². The van der Waals surface area contributed by atoms with Crippen LogP contribution in [0.4, 0.5) is 0 Å². The molecule has 1 aromatic carbocycles. The van der Waals surface area contributed by atoms with Crippen LogP contribution >= 0.6 is 11.3 Å². The van der Waals surface area contributed by atoms with Gasteiger partial charge in [0.2, 0.25) is 0 Å². The summed E-state index contributed by atoms with van der Waals surface area (Å²) in [5, 5.41) is 9.65. The zero-order chi connectivity index (χ0) is 19.8. The van der Waals surface area contributed by atoms with E-state index < -0.39 is 0 Å². The SMILES string of the molecule is COc1ccccc1/C=N\OCc1nc2c3c4c(sc3ncn2n1)CN(C)CC4. The molecule has 0 fully saturated rings. The first-order valence-electron chi connectivity index (χ1n) is 9.34. The second kappa shape index (κ2) is 7.41. The van der Waals surface area contributed by atoms with Crippen molar-refractivity contribution in [2.45, 2.75) is 19.6 Å². The molecule has 0 N–H and O–H groups in total. The van der Waals surface area contributed by atoms with Crippen molar-refractivity contribution in [1.82, 2.24) is 24.5 Å². The lowest BCUT2D eigenvalue weighted by molar-refractivity contribution is 0.126. The zero-order valence-corrected chi connectivity index (χ0v) is 17.0. The number of ether oxygens (including phenoxy) is 1. The molecule has 9 heteroatoms. The Balaban J connectivity index is 1.39. The third-order valence-electron chi connectivity index (χ3n) is 5.01. The summed E-state index contributed by atoms with van der Waals surface area (Å²) in [6, 6.07) is 7.62. The number of methoxy groups -OCH3 is 1. The molecule has 4 aromatic rings. The summed E-state index contributed by atoms with van der Waals surface area (Å²) < 4.78 is 7.03. The van der Waals surface area contributed by atoms with E-state index in [1.165, 1.54) is 10.4 Å². The van der Waals surface area contributed by atoms with Gasteiger partial charge in [-0.15, -0.1) is 16.4 Å². The van der Waals surface area contributed by atoms with Gasteiger partial charge in [0.25, 0.3) is 0 Å². The molecule has 5 rings (SSSR count). The predicted octanol–water partition coefficient (Wildman–Crippen LogP) is 2.89. The van der Waals surface area contributed by atoms with E-state index >= 15 is 0 Å². The second-order valence-corrected chi connectivity index (χ2v) is 8.05. The van der Waals surface area contributed by atoms with Crippen molar-refractivity contribution >= 4 is 33.4 Å². The van der Waals surface area contributed by atoms with Crippen LogP contribution in [0, 0.1) is 0 Å². The van der Waals surface area contributed by atoms with Crippen molar-refractivity contribution in [2.24, 2.45) is 5.16 Å². The molecule has 0 saturated carbocycles. The lowest BCUT2D eigenvalue weighted by Gasteiger charge is -2.21. The second-order valence-electron chi connectivity index (χ2n) is 6.96. The molecule has 0 spiro atoms. The summed E-state index contributed by atoms with van der Waals surface area (Å²) in [7, 11) is 3.78. The molecular weight excluding hydrogens is 388 g/mol. The number of nitrogens with zero attached hydrogens (tertiary/aromatic N) is 6. The first-order chi connectivity index (χ1) is 14.2. The molecule has 4 heterocycles. The lowest BCUT2D eigenvalue weighted by atomic mass is 10.1. The summed E-state index contributed by atoms with van der Waals surface area (Å²) >= 11 is 1.75. The fourth-order valence-electron chi connectivity index (χ4n) is 3.59. The smallest absolute Gasteiger partial charge is 0.192 e. The normalized spacial score (nSPS) is 14.7. The van der Waals surface area contributed by atoms with Crippen molar-refractivity contribution in [1.29, 1.82) is 0 Å². The minimum absolute atomic E-state index is 0.184. The Labute approximate surface area is 171 Å². The summed E-state index contributed by atoms with van der Waals surface area (Å²) in [5.74, 6) is 1.32. The quantitative estimate of drug-likeness (QED) is 0.373. The van der Waals surface area contributed by atoms with Crippen LogP contribution in [0.25, 0.3) is 15.9 Å². The number of likely N-dealkylation sites (N-methyl/N-ethyl adjacent to an activating group) is 1. The third-order valence-corrected chi connectivity index (χ3v) is 6.14. The van der Waals surface area contributed by atoms with Crippen LogP contribution in [0.1, 0.15) is 21.8 Å². The fraction of sp³-hybridized carbons (Fsp3) is 0.300. The van der Waals surface area contributed by atoms with Gasteiger partial charge in [-0.2, -0.15) is 0 Å². The van der Waals surface area contributed by atoms with Crippen LogP contribution in [-0.2, 0) is 24.4 Å². The fourth-order valence-corrected chi connectivity index (χ4v) is 4.85. The van der Waals surface area contributed by atoms with E-state index in [9.17, 15) is 0 Å². The van der Waals surface area contributed by atoms with E-state index in [4.69, 9.17) is 14.6 Å². The first kappa shape index (κ1) is 18.0. The van der Waals surface area contributed by atoms with Gasteiger partial charge in [-0.3, -0.25) is 0 Å². The highest BCUT2D eigenvalue weighted by atomic mass is 32.1. The molecule has 0 amide bonds. The molecule has 0 aliphatic carbocycles. The van der Waals surface area contributed by atoms with Crippen molar-refractivity contribution in [3.8, 4) is 5.75 Å².